The monoisotopic (exact) mass is 539 g/mol. The van der Waals surface area contributed by atoms with Crippen molar-refractivity contribution in [2.75, 3.05) is 6.61 Å². The number of hydrogen-bond donors (Lipinski definition) is 0. The molecule has 0 aliphatic heterocycles. The Balaban J connectivity index is 1.65. The minimum Gasteiger partial charge on any atom is -0.494 e. The summed E-state index contributed by atoms with van der Waals surface area (Å²) in [6.45, 7) is 10.8. The molecular weight excluding hydrogens is 510 g/mol. The molecule has 3 aromatic carbocycles. The fourth-order valence-electron chi connectivity index (χ4n) is 4.62. The van der Waals surface area contributed by atoms with Gasteiger partial charge in [-0.25, -0.2) is 4.98 Å². The second-order valence-corrected chi connectivity index (χ2v) is 10.2. The van der Waals surface area contributed by atoms with Crippen LogP contribution in [0.15, 0.2) is 81.0 Å². The zero-order valence-corrected chi connectivity index (χ0v) is 23.4. The molecule has 0 fully saturated rings. The van der Waals surface area contributed by atoms with Crippen LogP contribution in [0.3, 0.4) is 0 Å². The van der Waals surface area contributed by atoms with Crippen molar-refractivity contribution < 1.29 is 9.15 Å². The molecule has 0 radical (unpaired) electrons. The molecule has 7 heteroatoms. The van der Waals surface area contributed by atoms with Crippen molar-refractivity contribution in [2.24, 2.45) is 5.10 Å². The van der Waals surface area contributed by atoms with E-state index in [9.17, 15) is 4.79 Å². The zero-order valence-electron chi connectivity index (χ0n) is 22.7. The minimum atomic E-state index is -0.260. The molecule has 198 valence electrons. The number of aryl methyl sites for hydroxylation is 2. The first-order valence-electron chi connectivity index (χ1n) is 13.0. The van der Waals surface area contributed by atoms with Gasteiger partial charge in [0.25, 0.3) is 5.56 Å². The molecule has 0 unspecified atom stereocenters. The van der Waals surface area contributed by atoms with Crippen molar-refractivity contribution >= 4 is 28.7 Å². The average molecular weight is 540 g/mol. The summed E-state index contributed by atoms with van der Waals surface area (Å²) in [4.78, 5) is 18.6. The summed E-state index contributed by atoms with van der Waals surface area (Å²) < 4.78 is 13.3. The molecule has 0 saturated heterocycles. The summed E-state index contributed by atoms with van der Waals surface area (Å²) in [5.74, 6) is 2.68. The standard InChI is InChI=1S/C32H30ClN3O3/c1-6-38-30-15-21(5)27(17-25(30)19(2)3)31-35-28-10-8-7-9-24(28)32(37)36(31)34-18-23-13-14-29(39-23)26-16-22(33)12-11-20(26)4/h7-19H,6H2,1-5H3. The fraction of sp³-hybridized carbons (Fsp3) is 0.219. The van der Waals surface area contributed by atoms with E-state index in [1.165, 1.54) is 10.9 Å². The van der Waals surface area contributed by atoms with Gasteiger partial charge in [-0.3, -0.25) is 4.79 Å². The maximum absolute atomic E-state index is 13.7. The Morgan fingerprint density at radius 3 is 2.59 bits per heavy atom. The van der Waals surface area contributed by atoms with Crippen molar-refractivity contribution in [3.8, 4) is 28.5 Å². The molecule has 0 aliphatic rings. The Kier molecular flexibility index (Phi) is 7.40. The lowest BCUT2D eigenvalue weighted by atomic mass is 9.96. The molecule has 39 heavy (non-hydrogen) atoms. The third-order valence-electron chi connectivity index (χ3n) is 6.67. The van der Waals surface area contributed by atoms with E-state index in [0.717, 1.165) is 33.6 Å². The van der Waals surface area contributed by atoms with Gasteiger partial charge in [-0.2, -0.15) is 9.78 Å². The maximum Gasteiger partial charge on any atom is 0.282 e. The number of benzene rings is 3. The first kappa shape index (κ1) is 26.4. The van der Waals surface area contributed by atoms with E-state index >= 15 is 0 Å². The number of halogens is 1. The number of fused-ring (bicyclic) bond motifs is 1. The third kappa shape index (κ3) is 5.25. The van der Waals surface area contributed by atoms with Gasteiger partial charge in [0.2, 0.25) is 0 Å². The quantitative estimate of drug-likeness (QED) is 0.196. The van der Waals surface area contributed by atoms with E-state index < -0.39 is 0 Å². The van der Waals surface area contributed by atoms with Gasteiger partial charge >= 0.3 is 0 Å². The normalized spacial score (nSPS) is 11.7. The molecular formula is C32H30ClN3O3. The summed E-state index contributed by atoms with van der Waals surface area (Å²) >= 11 is 6.21. The van der Waals surface area contributed by atoms with E-state index in [4.69, 9.17) is 25.7 Å². The molecule has 0 amide bonds. The maximum atomic E-state index is 13.7. The average Bonchev–Trinajstić information content (AvgIpc) is 3.38. The largest absolute Gasteiger partial charge is 0.494 e. The van der Waals surface area contributed by atoms with E-state index in [2.05, 4.69) is 25.0 Å². The lowest BCUT2D eigenvalue weighted by molar-refractivity contribution is 0.335. The number of para-hydroxylation sites is 1. The van der Waals surface area contributed by atoms with Crippen LogP contribution < -0.4 is 10.3 Å². The van der Waals surface area contributed by atoms with Crippen LogP contribution in [-0.4, -0.2) is 22.5 Å². The number of nitrogens with zero attached hydrogens (tertiary/aromatic N) is 3. The van der Waals surface area contributed by atoms with Crippen LogP contribution in [0.5, 0.6) is 5.75 Å². The van der Waals surface area contributed by atoms with Crippen molar-refractivity contribution in [3.63, 3.8) is 0 Å². The number of rotatable bonds is 7. The number of aromatic nitrogens is 2. The molecule has 5 aromatic rings. The highest BCUT2D eigenvalue weighted by Crippen LogP contribution is 2.34. The Labute approximate surface area is 232 Å². The van der Waals surface area contributed by atoms with E-state index in [1.54, 1.807) is 6.07 Å². The number of furan rings is 1. The van der Waals surface area contributed by atoms with Crippen LogP contribution in [0.25, 0.3) is 33.6 Å². The van der Waals surface area contributed by atoms with Gasteiger partial charge in [0.1, 0.15) is 17.3 Å². The molecule has 5 rings (SSSR count). The first-order valence-corrected chi connectivity index (χ1v) is 13.3. The van der Waals surface area contributed by atoms with Gasteiger partial charge in [-0.05, 0) is 91.9 Å². The highest BCUT2D eigenvalue weighted by molar-refractivity contribution is 6.30. The summed E-state index contributed by atoms with van der Waals surface area (Å²) in [5, 5.41) is 5.71. The predicted octanol–water partition coefficient (Wildman–Crippen LogP) is 8.00. The SMILES string of the molecule is CCOc1cc(C)c(-c2nc3ccccc3c(=O)n2N=Cc2ccc(-c3cc(Cl)ccc3C)o2)cc1C(C)C. The molecule has 6 nitrogen and oxygen atoms in total. The van der Waals surface area contributed by atoms with Gasteiger partial charge in [0, 0.05) is 16.1 Å². The Morgan fingerprint density at radius 1 is 1.03 bits per heavy atom. The second-order valence-electron chi connectivity index (χ2n) is 9.77. The van der Waals surface area contributed by atoms with Crippen molar-refractivity contribution in [3.05, 3.63) is 105 Å². The lowest BCUT2D eigenvalue weighted by Crippen LogP contribution is -2.20. The van der Waals surface area contributed by atoms with Crippen molar-refractivity contribution in [2.45, 2.75) is 40.5 Å². The first-order chi connectivity index (χ1) is 18.8. The Hall–Kier alpha value is -4.16. The molecule has 0 atom stereocenters. The molecule has 0 spiro atoms. The smallest absolute Gasteiger partial charge is 0.282 e. The second kappa shape index (κ2) is 10.9. The zero-order chi connectivity index (χ0) is 27.7. The van der Waals surface area contributed by atoms with Crippen LogP contribution >= 0.6 is 11.6 Å². The number of ether oxygens (including phenoxy) is 1. The van der Waals surface area contributed by atoms with E-state index in [1.807, 2.05) is 75.4 Å². The predicted molar refractivity (Wildman–Crippen MR) is 158 cm³/mol. The summed E-state index contributed by atoms with van der Waals surface area (Å²) in [5.41, 5.74) is 5.09. The fourth-order valence-corrected chi connectivity index (χ4v) is 4.79. The molecule has 0 aliphatic carbocycles. The molecule has 0 saturated carbocycles. The van der Waals surface area contributed by atoms with Crippen LogP contribution in [0.2, 0.25) is 5.02 Å². The highest BCUT2D eigenvalue weighted by Gasteiger charge is 2.19. The van der Waals surface area contributed by atoms with Crippen LogP contribution in [0, 0.1) is 13.8 Å². The van der Waals surface area contributed by atoms with Crippen molar-refractivity contribution in [1.29, 1.82) is 0 Å². The highest BCUT2D eigenvalue weighted by atomic mass is 35.5. The number of hydrogen-bond acceptors (Lipinski definition) is 5. The molecule has 2 aromatic heterocycles. The summed E-state index contributed by atoms with van der Waals surface area (Å²) in [6.07, 6.45) is 1.54. The Bertz CT molecular complexity index is 1770. The van der Waals surface area contributed by atoms with Gasteiger partial charge in [0.05, 0.1) is 23.7 Å². The summed E-state index contributed by atoms with van der Waals surface area (Å²) in [7, 11) is 0. The molecule has 0 N–H and O–H groups in total. The van der Waals surface area contributed by atoms with Crippen LogP contribution in [-0.2, 0) is 0 Å². The third-order valence-corrected chi connectivity index (χ3v) is 6.90. The van der Waals surface area contributed by atoms with E-state index in [-0.39, 0.29) is 11.5 Å². The van der Waals surface area contributed by atoms with Gasteiger partial charge in [-0.15, -0.1) is 0 Å². The minimum absolute atomic E-state index is 0.214. The summed E-state index contributed by atoms with van der Waals surface area (Å²) in [6, 6.07) is 20.7. The molecule has 0 bridgehead atoms. The Morgan fingerprint density at radius 2 is 1.82 bits per heavy atom. The lowest BCUT2D eigenvalue weighted by Gasteiger charge is -2.18. The molecule has 2 heterocycles. The van der Waals surface area contributed by atoms with Gasteiger partial charge < -0.3 is 9.15 Å². The topological polar surface area (TPSA) is 69.6 Å². The van der Waals surface area contributed by atoms with Crippen molar-refractivity contribution in [1.82, 2.24) is 9.66 Å². The van der Waals surface area contributed by atoms with Gasteiger partial charge in [0.15, 0.2) is 5.82 Å². The van der Waals surface area contributed by atoms with Gasteiger partial charge in [-0.1, -0.05) is 43.6 Å². The van der Waals surface area contributed by atoms with Crippen LogP contribution in [0.1, 0.15) is 49.1 Å². The van der Waals surface area contributed by atoms with Crippen LogP contribution in [0.4, 0.5) is 0 Å². The van der Waals surface area contributed by atoms with E-state index in [0.29, 0.717) is 39.9 Å².